The van der Waals surface area contributed by atoms with E-state index < -0.39 is 41.5 Å². The fourth-order valence-corrected chi connectivity index (χ4v) is 6.84. The molecule has 3 fully saturated rings. The maximum Gasteiger partial charge on any atom is 0.287 e. The molecule has 0 aromatic heterocycles. The van der Waals surface area contributed by atoms with Crippen LogP contribution in [0.25, 0.3) is 0 Å². The first-order valence-electron chi connectivity index (χ1n) is 8.82. The molecule has 4 amide bonds. The van der Waals surface area contributed by atoms with Crippen LogP contribution < -0.4 is 15.4 Å². The molecule has 0 aromatic rings. The van der Waals surface area contributed by atoms with Gasteiger partial charge in [-0.25, -0.2) is 0 Å². The van der Waals surface area contributed by atoms with Crippen molar-refractivity contribution in [3.05, 3.63) is 12.7 Å². The number of carbonyl (C=O) groups is 4. The van der Waals surface area contributed by atoms with E-state index in [2.05, 4.69) is 21.9 Å². The maximum atomic E-state index is 12.8. The van der Waals surface area contributed by atoms with E-state index in [1.807, 2.05) is 0 Å². The quantitative estimate of drug-likeness (QED) is 0.192. The molecule has 11 heteroatoms. The van der Waals surface area contributed by atoms with Gasteiger partial charge >= 0.3 is 0 Å². The number of carbonyl (C=O) groups excluding carboxylic acids is 4. The van der Waals surface area contributed by atoms with Crippen LogP contribution in [0.4, 0.5) is 0 Å². The third-order valence-corrected chi connectivity index (χ3v) is 9.50. The van der Waals surface area contributed by atoms with Crippen molar-refractivity contribution in [1.82, 2.24) is 20.3 Å². The van der Waals surface area contributed by atoms with E-state index in [1.54, 1.807) is 6.08 Å². The van der Waals surface area contributed by atoms with Crippen molar-refractivity contribution in [3.63, 3.8) is 0 Å². The van der Waals surface area contributed by atoms with Crippen LogP contribution in [0, 0.1) is 5.92 Å². The summed E-state index contributed by atoms with van der Waals surface area (Å²) in [4.78, 5) is 49.4. The highest BCUT2D eigenvalue weighted by Gasteiger charge is 2.62. The van der Waals surface area contributed by atoms with Gasteiger partial charge in [-0.3, -0.25) is 19.2 Å². The van der Waals surface area contributed by atoms with Gasteiger partial charge in [-0.05, 0) is 19.3 Å². The monoisotopic (exact) mass is 414 g/mol. The first kappa shape index (κ1) is 20.1. The summed E-state index contributed by atoms with van der Waals surface area (Å²) in [5.74, 6) is -1.43. The molecular weight excluding hydrogens is 391 g/mol. The molecule has 2 aliphatic heterocycles. The Morgan fingerprint density at radius 1 is 1.37 bits per heavy atom. The van der Waals surface area contributed by atoms with Gasteiger partial charge in [0.05, 0.1) is 17.5 Å². The molecule has 4 atom stereocenters. The normalized spacial score (nSPS) is 30.2. The van der Waals surface area contributed by atoms with Gasteiger partial charge in [-0.1, -0.05) is 6.08 Å². The molecule has 3 N–H and O–H groups in total. The minimum Gasteiger partial charge on any atom is -0.591 e. The number of hydrogen-bond donors (Lipinski definition) is 3. The summed E-state index contributed by atoms with van der Waals surface area (Å²) in [5, 5.41) is 5.09. The second kappa shape index (κ2) is 8.16. The van der Waals surface area contributed by atoms with Gasteiger partial charge in [0.15, 0.2) is 0 Å². The number of hydrogen-bond acceptors (Lipinski definition) is 5. The highest BCUT2D eigenvalue weighted by atomic mass is 32.8. The Bertz CT molecular complexity index is 661. The van der Waals surface area contributed by atoms with Crippen LogP contribution in [0.15, 0.2) is 12.7 Å². The maximum absolute atomic E-state index is 12.8. The fraction of sp³-hybridized carbons (Fsp3) is 0.625. The average Bonchev–Trinajstić information content (AvgIpc) is 3.56. The van der Waals surface area contributed by atoms with Gasteiger partial charge < -0.3 is 20.1 Å². The molecule has 0 bridgehead atoms. The van der Waals surface area contributed by atoms with Crippen molar-refractivity contribution in [1.29, 1.82) is 0 Å². The Morgan fingerprint density at radius 3 is 2.70 bits per heavy atom. The van der Waals surface area contributed by atoms with E-state index in [1.165, 1.54) is 4.90 Å². The molecule has 0 spiro atoms. The van der Waals surface area contributed by atoms with E-state index in [9.17, 15) is 23.7 Å². The lowest BCUT2D eigenvalue weighted by Gasteiger charge is -2.26. The van der Waals surface area contributed by atoms with Gasteiger partial charge in [-0.15, -0.1) is 6.58 Å². The zero-order valence-electron chi connectivity index (χ0n) is 14.8. The molecular formula is C16H23N4O5PS. The fourth-order valence-electron chi connectivity index (χ4n) is 3.35. The van der Waals surface area contributed by atoms with Crippen LogP contribution in [0.2, 0.25) is 0 Å². The number of amides is 4. The molecule has 1 aliphatic carbocycles. The number of rotatable bonds is 9. The van der Waals surface area contributed by atoms with Crippen LogP contribution in [-0.4, -0.2) is 70.6 Å². The Balaban J connectivity index is 1.64. The molecule has 0 radical (unpaired) electrons. The summed E-state index contributed by atoms with van der Waals surface area (Å²) >= 11 is 0. The van der Waals surface area contributed by atoms with Crippen molar-refractivity contribution >= 4 is 42.2 Å². The average molecular weight is 414 g/mol. The van der Waals surface area contributed by atoms with Crippen LogP contribution in [0.5, 0.6) is 0 Å². The second-order valence-electron chi connectivity index (χ2n) is 6.86. The highest BCUT2D eigenvalue weighted by molar-refractivity contribution is 8.51. The standard InChI is InChI=1S/C16H23N4O5PS/c1-2-11-8-16(11,15(24)19-27(25)26-6-7-26)18-14(23)12-4-3-5-20(12)13(22)9-17-10-21/h2,10-12H,1,3-9H2,(H,17,21)(H,18,23)(H,19,24). The highest BCUT2D eigenvalue weighted by Crippen LogP contribution is 2.56. The van der Waals surface area contributed by atoms with Gasteiger partial charge in [-0.2, -0.15) is 4.72 Å². The Labute approximate surface area is 161 Å². The Morgan fingerprint density at radius 2 is 2.11 bits per heavy atom. The Kier molecular flexibility index (Phi) is 6.08. The van der Waals surface area contributed by atoms with Crippen molar-refractivity contribution in [2.75, 3.05) is 25.4 Å². The van der Waals surface area contributed by atoms with Crippen molar-refractivity contribution in [2.45, 2.75) is 30.8 Å². The first-order valence-corrected chi connectivity index (χ1v) is 12.3. The summed E-state index contributed by atoms with van der Waals surface area (Å²) in [6, 6.07) is -0.681. The molecule has 27 heavy (non-hydrogen) atoms. The summed E-state index contributed by atoms with van der Waals surface area (Å²) in [5.41, 5.74) is -1.14. The van der Waals surface area contributed by atoms with E-state index in [-0.39, 0.29) is 18.4 Å². The number of nitrogens with zero attached hydrogens (tertiary/aromatic N) is 1. The molecule has 4 unspecified atom stereocenters. The summed E-state index contributed by atoms with van der Waals surface area (Å²) < 4.78 is 14.6. The molecule has 3 rings (SSSR count). The zero-order valence-corrected chi connectivity index (χ0v) is 16.5. The Hall–Kier alpha value is -1.64. The van der Waals surface area contributed by atoms with Crippen LogP contribution in [-0.2, 0) is 30.2 Å². The van der Waals surface area contributed by atoms with E-state index >= 15 is 0 Å². The molecule has 3 aliphatic rings. The minimum absolute atomic E-state index is 0.170. The van der Waals surface area contributed by atoms with E-state index in [4.69, 9.17) is 0 Å². The van der Waals surface area contributed by atoms with Crippen LogP contribution in [0.3, 0.4) is 0 Å². The molecule has 1 saturated carbocycles. The van der Waals surface area contributed by atoms with E-state index in [0.717, 1.165) is 12.3 Å². The summed E-state index contributed by atoms with van der Waals surface area (Å²) in [6.07, 6.45) is 5.38. The van der Waals surface area contributed by atoms with Gasteiger partial charge in [0.2, 0.25) is 18.2 Å². The number of likely N-dealkylation sites (tertiary alicyclic amines) is 1. The lowest BCUT2D eigenvalue weighted by Crippen LogP contribution is -2.56. The predicted molar refractivity (Wildman–Crippen MR) is 101 cm³/mol. The molecule has 2 heterocycles. The summed E-state index contributed by atoms with van der Waals surface area (Å²) in [7, 11) is -1.99. The third kappa shape index (κ3) is 4.28. The smallest absolute Gasteiger partial charge is 0.287 e. The lowest BCUT2D eigenvalue weighted by molar-refractivity contribution is -0.139. The first-order chi connectivity index (χ1) is 12.9. The lowest BCUT2D eigenvalue weighted by atomic mass is 10.1. The largest absolute Gasteiger partial charge is 0.591 e. The third-order valence-electron chi connectivity index (χ3n) is 5.08. The van der Waals surface area contributed by atoms with Gasteiger partial charge in [0, 0.05) is 24.8 Å². The van der Waals surface area contributed by atoms with Gasteiger partial charge in [0.1, 0.15) is 18.7 Å². The van der Waals surface area contributed by atoms with Gasteiger partial charge in [0.25, 0.3) is 5.91 Å². The molecule has 0 aromatic carbocycles. The van der Waals surface area contributed by atoms with Crippen LogP contribution >= 0.6 is 7.12 Å². The summed E-state index contributed by atoms with van der Waals surface area (Å²) in [6.45, 7) is 3.96. The number of nitrogens with one attached hydrogen (secondary N) is 3. The predicted octanol–water partition coefficient (Wildman–Crippen LogP) is -1.03. The SMILES string of the molecule is C=CC1CC1(NC(=O)C1CCCN1C(=O)CNC=O)C(=O)N[S+]([O-])P1CC1. The molecule has 9 nitrogen and oxygen atoms in total. The van der Waals surface area contributed by atoms with E-state index in [0.29, 0.717) is 32.2 Å². The minimum atomic E-state index is -1.38. The van der Waals surface area contributed by atoms with Crippen molar-refractivity contribution in [3.8, 4) is 0 Å². The topological polar surface area (TPSA) is 131 Å². The van der Waals surface area contributed by atoms with Crippen LogP contribution in [0.1, 0.15) is 19.3 Å². The molecule has 2 saturated heterocycles. The second-order valence-corrected chi connectivity index (χ2v) is 12.0. The zero-order chi connectivity index (χ0) is 19.6. The molecule has 148 valence electrons. The van der Waals surface area contributed by atoms with Crippen molar-refractivity contribution in [2.24, 2.45) is 5.92 Å². The van der Waals surface area contributed by atoms with Crippen molar-refractivity contribution < 1.29 is 23.7 Å².